The molecule has 1 aliphatic heterocycles. The Morgan fingerprint density at radius 3 is 2.04 bits per heavy atom. The van der Waals surface area contributed by atoms with Crippen molar-refractivity contribution >= 4 is 11.9 Å². The molecule has 6 heteroatoms. The van der Waals surface area contributed by atoms with E-state index >= 15 is 0 Å². The molecule has 0 aliphatic carbocycles. The summed E-state index contributed by atoms with van der Waals surface area (Å²) >= 11 is 0. The Morgan fingerprint density at radius 1 is 0.963 bits per heavy atom. The van der Waals surface area contributed by atoms with Gasteiger partial charge >= 0.3 is 11.9 Å². The molecule has 142 valence electrons. The minimum atomic E-state index is -1.07. The van der Waals surface area contributed by atoms with E-state index in [2.05, 4.69) is 0 Å². The van der Waals surface area contributed by atoms with Crippen LogP contribution in [0.2, 0.25) is 0 Å². The maximum atomic E-state index is 12.3. The molecule has 1 N–H and O–H groups in total. The predicted molar refractivity (Wildman–Crippen MR) is 97.3 cm³/mol. The number of hydrogen-bond donors (Lipinski definition) is 1. The standard InChI is InChI=1S/C21H22O6/c1-13-3-7-15(8-4-13)20(23)25-12-18-17(11-19(22)26-18)27-21(24)16-9-5-14(2)6-10-16/h3-10,17-19,22H,11-12H2,1-2H3/t17-,18+,19+/m0/s1. The van der Waals surface area contributed by atoms with Crippen molar-refractivity contribution in [3.63, 3.8) is 0 Å². The molecule has 0 unspecified atom stereocenters. The molecule has 1 heterocycles. The summed E-state index contributed by atoms with van der Waals surface area (Å²) in [6, 6.07) is 14.0. The third-order valence-corrected chi connectivity index (χ3v) is 4.39. The monoisotopic (exact) mass is 370 g/mol. The highest BCUT2D eigenvalue weighted by Gasteiger charge is 2.38. The van der Waals surface area contributed by atoms with E-state index in [9.17, 15) is 14.7 Å². The van der Waals surface area contributed by atoms with Gasteiger partial charge in [0.2, 0.25) is 0 Å². The molecule has 2 aromatic carbocycles. The molecule has 1 saturated heterocycles. The van der Waals surface area contributed by atoms with Crippen molar-refractivity contribution in [2.45, 2.75) is 38.8 Å². The first kappa shape index (κ1) is 19.1. The maximum Gasteiger partial charge on any atom is 0.338 e. The fourth-order valence-corrected chi connectivity index (χ4v) is 2.79. The second-order valence-corrected chi connectivity index (χ2v) is 6.64. The number of rotatable bonds is 5. The molecule has 0 saturated carbocycles. The lowest BCUT2D eigenvalue weighted by Crippen LogP contribution is -2.32. The number of ether oxygens (including phenoxy) is 3. The quantitative estimate of drug-likeness (QED) is 0.815. The number of esters is 2. The van der Waals surface area contributed by atoms with Gasteiger partial charge in [0.05, 0.1) is 11.1 Å². The van der Waals surface area contributed by atoms with E-state index in [4.69, 9.17) is 14.2 Å². The number of carbonyl (C=O) groups is 2. The summed E-state index contributed by atoms with van der Waals surface area (Å²) in [7, 11) is 0. The van der Waals surface area contributed by atoms with Crippen molar-refractivity contribution in [1.29, 1.82) is 0 Å². The Bertz CT molecular complexity index is 796. The van der Waals surface area contributed by atoms with Gasteiger partial charge in [0.15, 0.2) is 6.29 Å². The van der Waals surface area contributed by atoms with E-state index in [1.165, 1.54) is 0 Å². The first-order valence-corrected chi connectivity index (χ1v) is 8.77. The third kappa shape index (κ3) is 4.93. The van der Waals surface area contributed by atoms with Gasteiger partial charge in [0.25, 0.3) is 0 Å². The van der Waals surface area contributed by atoms with Gasteiger partial charge in [-0.2, -0.15) is 0 Å². The van der Waals surface area contributed by atoms with Gasteiger partial charge in [-0.25, -0.2) is 9.59 Å². The van der Waals surface area contributed by atoms with Crippen LogP contribution in [-0.2, 0) is 14.2 Å². The highest BCUT2D eigenvalue weighted by atomic mass is 16.7. The van der Waals surface area contributed by atoms with E-state index in [0.717, 1.165) is 11.1 Å². The lowest BCUT2D eigenvalue weighted by molar-refractivity contribution is -0.110. The summed E-state index contributed by atoms with van der Waals surface area (Å²) < 4.78 is 16.1. The number of benzene rings is 2. The van der Waals surface area contributed by atoms with E-state index < -0.39 is 30.4 Å². The normalized spacial score (nSPS) is 21.7. The summed E-state index contributed by atoms with van der Waals surface area (Å²) in [5, 5.41) is 9.75. The first-order chi connectivity index (χ1) is 12.9. The fraction of sp³-hybridized carbons (Fsp3) is 0.333. The van der Waals surface area contributed by atoms with E-state index in [1.807, 2.05) is 38.1 Å². The third-order valence-electron chi connectivity index (χ3n) is 4.39. The summed E-state index contributed by atoms with van der Waals surface area (Å²) in [5.74, 6) is -1.00. The van der Waals surface area contributed by atoms with Crippen molar-refractivity contribution in [2.24, 2.45) is 0 Å². The molecule has 2 aromatic rings. The van der Waals surface area contributed by atoms with Crippen LogP contribution in [0, 0.1) is 13.8 Å². The molecule has 0 radical (unpaired) electrons. The molecule has 6 nitrogen and oxygen atoms in total. The van der Waals surface area contributed by atoms with Gasteiger partial charge in [-0.1, -0.05) is 35.4 Å². The second-order valence-electron chi connectivity index (χ2n) is 6.64. The number of aliphatic hydroxyl groups is 1. The van der Waals surface area contributed by atoms with Crippen LogP contribution in [0.4, 0.5) is 0 Å². The largest absolute Gasteiger partial charge is 0.459 e. The Labute approximate surface area is 157 Å². The minimum absolute atomic E-state index is 0.115. The van der Waals surface area contributed by atoms with Gasteiger partial charge < -0.3 is 19.3 Å². The van der Waals surface area contributed by atoms with Crippen LogP contribution in [-0.4, -0.2) is 42.1 Å². The van der Waals surface area contributed by atoms with Crippen LogP contribution in [0.15, 0.2) is 48.5 Å². The van der Waals surface area contributed by atoms with Gasteiger partial charge in [-0.3, -0.25) is 0 Å². The lowest BCUT2D eigenvalue weighted by Gasteiger charge is -2.18. The number of aliphatic hydroxyl groups excluding tert-OH is 1. The zero-order valence-electron chi connectivity index (χ0n) is 15.3. The van der Waals surface area contributed by atoms with E-state index in [-0.39, 0.29) is 13.0 Å². The Morgan fingerprint density at radius 2 is 1.48 bits per heavy atom. The number of hydrogen-bond acceptors (Lipinski definition) is 6. The average Bonchev–Trinajstić information content (AvgIpc) is 3.00. The highest BCUT2D eigenvalue weighted by molar-refractivity contribution is 5.90. The fourth-order valence-electron chi connectivity index (χ4n) is 2.79. The zero-order valence-corrected chi connectivity index (χ0v) is 15.3. The predicted octanol–water partition coefficient (Wildman–Crippen LogP) is 2.79. The molecular formula is C21H22O6. The Balaban J connectivity index is 1.58. The van der Waals surface area contributed by atoms with Crippen LogP contribution >= 0.6 is 0 Å². The van der Waals surface area contributed by atoms with Crippen molar-refractivity contribution in [3.8, 4) is 0 Å². The van der Waals surface area contributed by atoms with Crippen molar-refractivity contribution < 1.29 is 28.9 Å². The summed E-state index contributed by atoms with van der Waals surface area (Å²) in [6.07, 6.45) is -2.35. The Kier molecular flexibility index (Phi) is 5.88. The van der Waals surface area contributed by atoms with Crippen molar-refractivity contribution in [3.05, 3.63) is 70.8 Å². The van der Waals surface area contributed by atoms with Gasteiger partial charge in [0.1, 0.15) is 18.8 Å². The zero-order chi connectivity index (χ0) is 19.4. The molecule has 0 aromatic heterocycles. The molecule has 1 aliphatic rings. The summed E-state index contributed by atoms with van der Waals surface area (Å²) in [4.78, 5) is 24.4. The van der Waals surface area contributed by atoms with Gasteiger partial charge in [-0.15, -0.1) is 0 Å². The SMILES string of the molecule is Cc1ccc(C(=O)OC[C@H]2O[C@@H](O)C[C@@H]2OC(=O)c2ccc(C)cc2)cc1. The summed E-state index contributed by atoms with van der Waals surface area (Å²) in [5.41, 5.74) is 2.91. The van der Waals surface area contributed by atoms with Crippen LogP contribution in [0.25, 0.3) is 0 Å². The lowest BCUT2D eigenvalue weighted by atomic mass is 10.1. The highest BCUT2D eigenvalue weighted by Crippen LogP contribution is 2.24. The van der Waals surface area contributed by atoms with Gasteiger partial charge in [0, 0.05) is 6.42 Å². The average molecular weight is 370 g/mol. The van der Waals surface area contributed by atoms with Crippen LogP contribution in [0.1, 0.15) is 38.3 Å². The van der Waals surface area contributed by atoms with Crippen LogP contribution < -0.4 is 0 Å². The first-order valence-electron chi connectivity index (χ1n) is 8.77. The topological polar surface area (TPSA) is 82.1 Å². The second kappa shape index (κ2) is 8.33. The maximum absolute atomic E-state index is 12.3. The van der Waals surface area contributed by atoms with E-state index in [0.29, 0.717) is 11.1 Å². The number of carbonyl (C=O) groups excluding carboxylic acids is 2. The molecule has 3 atom stereocenters. The smallest absolute Gasteiger partial charge is 0.338 e. The summed E-state index contributed by atoms with van der Waals surface area (Å²) in [6.45, 7) is 3.74. The number of aryl methyl sites for hydroxylation is 2. The van der Waals surface area contributed by atoms with Crippen molar-refractivity contribution in [1.82, 2.24) is 0 Å². The molecule has 0 amide bonds. The van der Waals surface area contributed by atoms with E-state index in [1.54, 1.807) is 24.3 Å². The molecule has 1 fully saturated rings. The minimum Gasteiger partial charge on any atom is -0.459 e. The van der Waals surface area contributed by atoms with Crippen LogP contribution in [0.3, 0.4) is 0 Å². The molecular weight excluding hydrogens is 348 g/mol. The Hall–Kier alpha value is -2.70. The molecule has 0 bridgehead atoms. The molecule has 3 rings (SSSR count). The van der Waals surface area contributed by atoms with Crippen LogP contribution in [0.5, 0.6) is 0 Å². The van der Waals surface area contributed by atoms with Gasteiger partial charge in [-0.05, 0) is 38.1 Å². The van der Waals surface area contributed by atoms with Crippen molar-refractivity contribution in [2.75, 3.05) is 6.61 Å². The molecule has 27 heavy (non-hydrogen) atoms. The molecule has 0 spiro atoms.